The first-order chi connectivity index (χ1) is 7.28. The topological polar surface area (TPSA) is 12.5 Å². The molecule has 0 aromatic carbocycles. The van der Waals surface area contributed by atoms with Gasteiger partial charge in [0.25, 0.3) is 0 Å². The largest absolute Gasteiger partial charge is 0.380 e. The fraction of sp³-hybridized carbons (Fsp3) is 1.00. The van der Waals surface area contributed by atoms with Crippen molar-refractivity contribution in [3.63, 3.8) is 0 Å². The molecule has 1 atom stereocenters. The van der Waals surface area contributed by atoms with Gasteiger partial charge in [-0.05, 0) is 43.4 Å². The minimum Gasteiger partial charge on any atom is -0.380 e. The van der Waals surface area contributed by atoms with E-state index in [0.29, 0.717) is 11.5 Å². The molecular formula is C12H23NOS. The predicted molar refractivity (Wildman–Crippen MR) is 66.6 cm³/mol. The van der Waals surface area contributed by atoms with Crippen LogP contribution in [-0.4, -0.2) is 43.5 Å². The van der Waals surface area contributed by atoms with Crippen LogP contribution in [-0.2, 0) is 4.74 Å². The first kappa shape index (κ1) is 11.7. The predicted octanol–water partition coefficient (Wildman–Crippen LogP) is 2.20. The molecule has 2 nitrogen and oxygen atoms in total. The summed E-state index contributed by atoms with van der Waals surface area (Å²) in [6.07, 6.45) is 7.16. The van der Waals surface area contributed by atoms with Crippen molar-refractivity contribution < 1.29 is 4.74 Å². The van der Waals surface area contributed by atoms with Gasteiger partial charge in [-0.3, -0.25) is 0 Å². The lowest BCUT2D eigenvalue weighted by Gasteiger charge is -2.46. The summed E-state index contributed by atoms with van der Waals surface area (Å²) in [7, 11) is 1.84. The summed E-state index contributed by atoms with van der Waals surface area (Å²) in [6.45, 7) is 3.64. The first-order valence-corrected chi connectivity index (χ1v) is 6.77. The highest BCUT2D eigenvalue weighted by molar-refractivity contribution is 7.80. The maximum absolute atomic E-state index is 5.46. The Morgan fingerprint density at radius 2 is 2.20 bits per heavy atom. The number of rotatable bonds is 4. The highest BCUT2D eigenvalue weighted by atomic mass is 32.1. The monoisotopic (exact) mass is 229 g/mol. The van der Waals surface area contributed by atoms with Gasteiger partial charge in [0.1, 0.15) is 0 Å². The lowest BCUT2D eigenvalue weighted by molar-refractivity contribution is 0.00294. The van der Waals surface area contributed by atoms with Gasteiger partial charge >= 0.3 is 0 Å². The van der Waals surface area contributed by atoms with Crippen LogP contribution < -0.4 is 0 Å². The molecule has 0 aromatic heterocycles. The number of ether oxygens (including phenoxy) is 1. The van der Waals surface area contributed by atoms with Gasteiger partial charge in [-0.25, -0.2) is 0 Å². The molecule has 2 rings (SSSR count). The minimum absolute atomic E-state index is 0.468. The standard InChI is InChI=1S/C12H23NOS/c1-14-11-4-2-7-13(8-11)9-12(10-15)5-3-6-12/h11,15H,2-10H2,1H3. The SMILES string of the molecule is COC1CCCN(CC2(CS)CCC2)C1. The van der Waals surface area contributed by atoms with Gasteiger partial charge < -0.3 is 9.64 Å². The Bertz CT molecular complexity index is 200. The average Bonchev–Trinajstić information content (AvgIpc) is 2.24. The number of methoxy groups -OCH3 is 1. The number of hydrogen-bond acceptors (Lipinski definition) is 3. The summed E-state index contributed by atoms with van der Waals surface area (Å²) in [5.74, 6) is 1.06. The van der Waals surface area contributed by atoms with Crippen molar-refractivity contribution in [2.45, 2.75) is 38.2 Å². The molecule has 1 saturated carbocycles. The van der Waals surface area contributed by atoms with E-state index in [0.717, 1.165) is 12.3 Å². The molecule has 1 saturated heterocycles. The maximum Gasteiger partial charge on any atom is 0.0698 e. The second-order valence-electron chi connectivity index (χ2n) is 5.25. The summed E-state index contributed by atoms with van der Waals surface area (Å²) in [5, 5.41) is 0. The van der Waals surface area contributed by atoms with E-state index in [1.165, 1.54) is 45.2 Å². The summed E-state index contributed by atoms with van der Waals surface area (Å²) >= 11 is 4.52. The fourth-order valence-electron chi connectivity index (χ4n) is 2.87. The fourth-order valence-corrected chi connectivity index (χ4v) is 3.28. The zero-order chi connectivity index (χ0) is 10.7. The zero-order valence-electron chi connectivity index (χ0n) is 9.74. The second-order valence-corrected chi connectivity index (χ2v) is 5.56. The summed E-state index contributed by atoms with van der Waals surface area (Å²) in [5.41, 5.74) is 0.540. The maximum atomic E-state index is 5.46. The van der Waals surface area contributed by atoms with E-state index in [2.05, 4.69) is 17.5 Å². The van der Waals surface area contributed by atoms with Crippen molar-refractivity contribution >= 4 is 12.6 Å². The number of hydrogen-bond donors (Lipinski definition) is 1. The van der Waals surface area contributed by atoms with Gasteiger partial charge in [0.05, 0.1) is 6.10 Å². The molecule has 0 bridgehead atoms. The normalized spacial score (nSPS) is 31.2. The summed E-state index contributed by atoms with van der Waals surface area (Å²) in [6, 6.07) is 0. The quantitative estimate of drug-likeness (QED) is 0.742. The van der Waals surface area contributed by atoms with Gasteiger partial charge in [0.15, 0.2) is 0 Å². The lowest BCUT2D eigenvalue weighted by atomic mass is 9.69. The summed E-state index contributed by atoms with van der Waals surface area (Å²) in [4.78, 5) is 2.59. The Balaban J connectivity index is 1.82. The third kappa shape index (κ3) is 2.69. The molecular weight excluding hydrogens is 206 g/mol. The third-order valence-corrected chi connectivity index (χ3v) is 4.78. The minimum atomic E-state index is 0.468. The Morgan fingerprint density at radius 1 is 1.40 bits per heavy atom. The molecule has 2 aliphatic rings. The molecule has 15 heavy (non-hydrogen) atoms. The van der Waals surface area contributed by atoms with Crippen LogP contribution in [0.3, 0.4) is 0 Å². The van der Waals surface area contributed by atoms with E-state index >= 15 is 0 Å². The van der Waals surface area contributed by atoms with Gasteiger partial charge in [0, 0.05) is 20.2 Å². The Kier molecular flexibility index (Phi) is 3.97. The Morgan fingerprint density at radius 3 is 2.73 bits per heavy atom. The van der Waals surface area contributed by atoms with Crippen molar-refractivity contribution in [2.24, 2.45) is 5.41 Å². The van der Waals surface area contributed by atoms with Crippen molar-refractivity contribution in [3.8, 4) is 0 Å². The van der Waals surface area contributed by atoms with Crippen LogP contribution in [0.2, 0.25) is 0 Å². The Labute approximate surface area is 98.8 Å². The molecule has 1 aliphatic heterocycles. The second kappa shape index (κ2) is 5.07. The average molecular weight is 229 g/mol. The van der Waals surface area contributed by atoms with Crippen LogP contribution in [0.25, 0.3) is 0 Å². The van der Waals surface area contributed by atoms with Crippen LogP contribution in [0.1, 0.15) is 32.1 Å². The summed E-state index contributed by atoms with van der Waals surface area (Å²) < 4.78 is 5.46. The van der Waals surface area contributed by atoms with E-state index in [1.54, 1.807) is 0 Å². The molecule has 0 amide bonds. The number of nitrogens with zero attached hydrogens (tertiary/aromatic N) is 1. The lowest BCUT2D eigenvalue weighted by Crippen LogP contribution is -2.48. The van der Waals surface area contributed by atoms with E-state index < -0.39 is 0 Å². The van der Waals surface area contributed by atoms with Crippen LogP contribution in [0.15, 0.2) is 0 Å². The van der Waals surface area contributed by atoms with E-state index in [-0.39, 0.29) is 0 Å². The molecule has 1 heterocycles. The molecule has 2 fully saturated rings. The highest BCUT2D eigenvalue weighted by Gasteiger charge is 2.37. The van der Waals surface area contributed by atoms with Gasteiger partial charge in [-0.15, -0.1) is 0 Å². The smallest absolute Gasteiger partial charge is 0.0698 e. The highest BCUT2D eigenvalue weighted by Crippen LogP contribution is 2.42. The van der Waals surface area contributed by atoms with E-state index in [1.807, 2.05) is 7.11 Å². The van der Waals surface area contributed by atoms with Crippen molar-refractivity contribution in [2.75, 3.05) is 32.5 Å². The third-order valence-electron chi connectivity index (χ3n) is 4.10. The van der Waals surface area contributed by atoms with Crippen LogP contribution >= 0.6 is 12.6 Å². The zero-order valence-corrected chi connectivity index (χ0v) is 10.6. The molecule has 0 N–H and O–H groups in total. The molecule has 0 aromatic rings. The number of thiol groups is 1. The molecule has 0 spiro atoms. The van der Waals surface area contributed by atoms with E-state index in [9.17, 15) is 0 Å². The van der Waals surface area contributed by atoms with Gasteiger partial charge in [-0.1, -0.05) is 6.42 Å². The molecule has 1 unspecified atom stereocenters. The molecule has 3 heteroatoms. The Hall–Kier alpha value is 0.270. The van der Waals surface area contributed by atoms with Crippen molar-refractivity contribution in [3.05, 3.63) is 0 Å². The van der Waals surface area contributed by atoms with Crippen molar-refractivity contribution in [1.82, 2.24) is 4.90 Å². The molecule has 88 valence electrons. The molecule has 1 aliphatic carbocycles. The van der Waals surface area contributed by atoms with Crippen LogP contribution in [0.4, 0.5) is 0 Å². The van der Waals surface area contributed by atoms with Gasteiger partial charge in [0.2, 0.25) is 0 Å². The first-order valence-electron chi connectivity index (χ1n) is 6.14. The van der Waals surface area contributed by atoms with E-state index in [4.69, 9.17) is 4.74 Å². The number of piperidine rings is 1. The van der Waals surface area contributed by atoms with Gasteiger partial charge in [-0.2, -0.15) is 12.6 Å². The number of likely N-dealkylation sites (tertiary alicyclic amines) is 1. The van der Waals surface area contributed by atoms with Crippen LogP contribution in [0.5, 0.6) is 0 Å². The van der Waals surface area contributed by atoms with Crippen LogP contribution in [0, 0.1) is 5.41 Å². The van der Waals surface area contributed by atoms with Crippen molar-refractivity contribution in [1.29, 1.82) is 0 Å². The molecule has 0 radical (unpaired) electrons.